The average molecular weight is 298 g/mol. The van der Waals surface area contributed by atoms with Crippen LogP contribution in [0.4, 0.5) is 0 Å². The van der Waals surface area contributed by atoms with E-state index in [0.29, 0.717) is 17.3 Å². The highest BCUT2D eigenvalue weighted by atomic mass is 16.6. The Morgan fingerprint density at radius 2 is 1.95 bits per heavy atom. The van der Waals surface area contributed by atoms with Gasteiger partial charge in [0, 0.05) is 11.8 Å². The van der Waals surface area contributed by atoms with E-state index >= 15 is 0 Å². The summed E-state index contributed by atoms with van der Waals surface area (Å²) >= 11 is 0. The van der Waals surface area contributed by atoms with E-state index in [1.807, 2.05) is 6.08 Å². The Morgan fingerprint density at radius 3 is 2.73 bits per heavy atom. The summed E-state index contributed by atoms with van der Waals surface area (Å²) in [6, 6.07) is 0. The molecular weight excluding hydrogens is 272 g/mol. The number of fused-ring (bicyclic) bond motifs is 5. The lowest BCUT2D eigenvalue weighted by Gasteiger charge is -2.48. The predicted molar refractivity (Wildman–Crippen MR) is 85.4 cm³/mol. The Balaban J connectivity index is 1.55. The van der Waals surface area contributed by atoms with Crippen molar-refractivity contribution in [2.75, 3.05) is 0 Å². The smallest absolute Gasteiger partial charge is 0.156 e. The summed E-state index contributed by atoms with van der Waals surface area (Å²) in [7, 11) is 0. The fourth-order valence-electron chi connectivity index (χ4n) is 6.71. The molecule has 2 nitrogen and oxygen atoms in total. The van der Waals surface area contributed by atoms with E-state index in [2.05, 4.69) is 13.8 Å². The summed E-state index contributed by atoms with van der Waals surface area (Å²) in [4.78, 5) is 11.7. The van der Waals surface area contributed by atoms with Gasteiger partial charge in [0.25, 0.3) is 0 Å². The quantitative estimate of drug-likeness (QED) is 0.622. The summed E-state index contributed by atoms with van der Waals surface area (Å²) in [6.45, 7) is 4.79. The number of hydrogen-bond donors (Lipinski definition) is 0. The molecule has 4 aliphatic carbocycles. The monoisotopic (exact) mass is 298 g/mol. The fraction of sp³-hybridized carbons (Fsp3) is 0.750. The summed E-state index contributed by atoms with van der Waals surface area (Å²) in [6.07, 6.45) is 11.7. The number of allylic oxidation sites excluding steroid dienone is 4. The first kappa shape index (κ1) is 13.5. The van der Waals surface area contributed by atoms with Crippen LogP contribution in [0.5, 0.6) is 0 Å². The highest BCUT2D eigenvalue weighted by Crippen LogP contribution is 2.70. The lowest BCUT2D eigenvalue weighted by Crippen LogP contribution is -2.44. The van der Waals surface area contributed by atoms with Crippen LogP contribution in [0.2, 0.25) is 0 Å². The van der Waals surface area contributed by atoms with Gasteiger partial charge in [-0.25, -0.2) is 0 Å². The maximum absolute atomic E-state index is 11.7. The molecule has 0 radical (unpaired) electrons. The van der Waals surface area contributed by atoms with Gasteiger partial charge in [-0.3, -0.25) is 4.79 Å². The largest absolute Gasteiger partial charge is 0.366 e. The third kappa shape index (κ3) is 1.48. The van der Waals surface area contributed by atoms with E-state index in [1.54, 1.807) is 11.1 Å². The molecule has 1 unspecified atom stereocenters. The molecule has 2 saturated carbocycles. The minimum Gasteiger partial charge on any atom is -0.366 e. The Labute approximate surface area is 133 Å². The molecule has 2 heteroatoms. The molecule has 5 aliphatic rings. The second-order valence-electron chi connectivity index (χ2n) is 8.50. The van der Waals surface area contributed by atoms with Crippen molar-refractivity contribution in [3.8, 4) is 0 Å². The van der Waals surface area contributed by atoms with E-state index in [9.17, 15) is 4.79 Å². The maximum atomic E-state index is 11.7. The van der Waals surface area contributed by atoms with Crippen molar-refractivity contribution in [3.05, 3.63) is 22.8 Å². The molecule has 0 N–H and O–H groups in total. The fourth-order valence-corrected chi connectivity index (χ4v) is 6.71. The summed E-state index contributed by atoms with van der Waals surface area (Å²) < 4.78 is 6.17. The van der Waals surface area contributed by atoms with Crippen molar-refractivity contribution in [3.63, 3.8) is 0 Å². The summed E-state index contributed by atoms with van der Waals surface area (Å²) in [5.41, 5.74) is 5.32. The normalized spacial score (nSPS) is 49.6. The number of epoxide rings is 1. The van der Waals surface area contributed by atoms with Crippen LogP contribution in [0.1, 0.15) is 65.2 Å². The Morgan fingerprint density at radius 1 is 1.14 bits per heavy atom. The first-order chi connectivity index (χ1) is 10.6. The molecule has 0 aromatic carbocycles. The van der Waals surface area contributed by atoms with E-state index < -0.39 is 0 Å². The molecule has 0 aromatic heterocycles. The molecule has 0 aromatic rings. The highest BCUT2D eigenvalue weighted by molar-refractivity contribution is 5.93. The number of ketones is 1. The first-order valence-electron chi connectivity index (χ1n) is 9.19. The van der Waals surface area contributed by atoms with Crippen LogP contribution in [0.25, 0.3) is 0 Å². The Kier molecular flexibility index (Phi) is 2.55. The van der Waals surface area contributed by atoms with Gasteiger partial charge in [-0.2, -0.15) is 0 Å². The average Bonchev–Trinajstić information content (AvgIpc) is 3.07. The molecule has 1 aliphatic heterocycles. The van der Waals surface area contributed by atoms with Gasteiger partial charge in [-0.1, -0.05) is 12.5 Å². The number of hydrogen-bond acceptors (Lipinski definition) is 2. The third-order valence-electron chi connectivity index (χ3n) is 7.90. The second-order valence-corrected chi connectivity index (χ2v) is 8.50. The van der Waals surface area contributed by atoms with Crippen LogP contribution in [0, 0.1) is 17.3 Å². The van der Waals surface area contributed by atoms with Crippen molar-refractivity contribution in [1.82, 2.24) is 0 Å². The molecule has 1 spiro atoms. The molecule has 22 heavy (non-hydrogen) atoms. The van der Waals surface area contributed by atoms with Gasteiger partial charge in [0.2, 0.25) is 0 Å². The number of carbonyl (C=O) groups excluding carboxylic acids is 1. The Bertz CT molecular complexity index is 628. The molecular formula is C20H26O2. The van der Waals surface area contributed by atoms with Crippen LogP contribution in [0.15, 0.2) is 22.8 Å². The zero-order chi connectivity index (χ0) is 15.1. The number of rotatable bonds is 0. The standard InChI is InChI=1S/C20H26O2/c1-12-20(22-12)10-8-18-17-5-3-13-11-14(21)4-6-15(13)16(17)7-9-19(18,20)2/h11-12,17-18H,3-10H2,1-2H3/t12?,17-,18+,19+,20-/m1/s1. The van der Waals surface area contributed by atoms with Crippen molar-refractivity contribution in [2.45, 2.75) is 76.9 Å². The topological polar surface area (TPSA) is 29.6 Å². The van der Waals surface area contributed by atoms with Gasteiger partial charge >= 0.3 is 0 Å². The van der Waals surface area contributed by atoms with Gasteiger partial charge < -0.3 is 4.74 Å². The van der Waals surface area contributed by atoms with E-state index in [-0.39, 0.29) is 5.60 Å². The van der Waals surface area contributed by atoms with E-state index in [1.165, 1.54) is 37.7 Å². The SMILES string of the molecule is CC1O[C@]12CC[C@H]1[C@@H]3CCC4=CC(=O)CCC4=C3CC[C@@]12C. The van der Waals surface area contributed by atoms with Gasteiger partial charge in [-0.15, -0.1) is 0 Å². The van der Waals surface area contributed by atoms with Crippen molar-refractivity contribution >= 4 is 5.78 Å². The van der Waals surface area contributed by atoms with Gasteiger partial charge in [0.05, 0.1) is 6.10 Å². The van der Waals surface area contributed by atoms with Gasteiger partial charge in [0.15, 0.2) is 5.78 Å². The van der Waals surface area contributed by atoms with E-state index in [0.717, 1.165) is 31.1 Å². The molecule has 5 atom stereocenters. The van der Waals surface area contributed by atoms with E-state index in [4.69, 9.17) is 4.74 Å². The predicted octanol–water partition coefficient (Wildman–Crippen LogP) is 4.35. The highest BCUT2D eigenvalue weighted by Gasteiger charge is 2.71. The number of carbonyl (C=O) groups is 1. The molecule has 1 saturated heterocycles. The first-order valence-corrected chi connectivity index (χ1v) is 9.19. The minimum atomic E-state index is 0.215. The lowest BCUT2D eigenvalue weighted by atomic mass is 9.55. The molecule has 0 amide bonds. The summed E-state index contributed by atoms with van der Waals surface area (Å²) in [5, 5.41) is 0. The third-order valence-corrected chi connectivity index (χ3v) is 7.90. The molecule has 3 fully saturated rings. The van der Waals surface area contributed by atoms with Crippen molar-refractivity contribution < 1.29 is 9.53 Å². The van der Waals surface area contributed by atoms with Crippen LogP contribution in [-0.2, 0) is 9.53 Å². The summed E-state index contributed by atoms with van der Waals surface area (Å²) in [5.74, 6) is 1.93. The van der Waals surface area contributed by atoms with Crippen molar-refractivity contribution in [1.29, 1.82) is 0 Å². The molecule has 0 bridgehead atoms. The Hall–Kier alpha value is -0.890. The van der Waals surface area contributed by atoms with Crippen LogP contribution < -0.4 is 0 Å². The number of ether oxygens (including phenoxy) is 1. The van der Waals surface area contributed by atoms with Crippen LogP contribution in [-0.4, -0.2) is 17.5 Å². The minimum absolute atomic E-state index is 0.215. The van der Waals surface area contributed by atoms with Crippen LogP contribution >= 0.6 is 0 Å². The van der Waals surface area contributed by atoms with Crippen LogP contribution in [0.3, 0.4) is 0 Å². The van der Waals surface area contributed by atoms with Gasteiger partial charge in [0.1, 0.15) is 5.60 Å². The molecule has 1 heterocycles. The maximum Gasteiger partial charge on any atom is 0.156 e. The molecule has 5 rings (SSSR count). The molecule has 118 valence electrons. The zero-order valence-electron chi connectivity index (χ0n) is 13.8. The second kappa shape index (κ2) is 4.14. The van der Waals surface area contributed by atoms with Crippen molar-refractivity contribution in [2.24, 2.45) is 17.3 Å². The zero-order valence-corrected chi connectivity index (χ0v) is 13.8. The van der Waals surface area contributed by atoms with Gasteiger partial charge in [-0.05, 0) is 80.9 Å². The lowest BCUT2D eigenvalue weighted by molar-refractivity contribution is -0.114.